The van der Waals surface area contributed by atoms with Gasteiger partial charge in [0.05, 0.1) is 17.4 Å². The molecule has 5 heteroatoms. The van der Waals surface area contributed by atoms with Crippen LogP contribution in [0.5, 0.6) is 0 Å². The molecule has 1 saturated carbocycles. The van der Waals surface area contributed by atoms with Gasteiger partial charge in [-0.2, -0.15) is 4.98 Å². The minimum absolute atomic E-state index is 0.463. The van der Waals surface area contributed by atoms with Crippen LogP contribution in [0.1, 0.15) is 44.3 Å². The van der Waals surface area contributed by atoms with Crippen molar-refractivity contribution in [2.24, 2.45) is 11.7 Å². The maximum absolute atomic E-state index is 6.43. The Morgan fingerprint density at radius 1 is 1.37 bits per heavy atom. The highest BCUT2D eigenvalue weighted by Crippen LogP contribution is 2.37. The van der Waals surface area contributed by atoms with Crippen LogP contribution in [0.4, 0.5) is 0 Å². The van der Waals surface area contributed by atoms with Gasteiger partial charge in [-0.05, 0) is 44.6 Å². The quantitative estimate of drug-likeness (QED) is 0.899. The van der Waals surface area contributed by atoms with Crippen molar-refractivity contribution in [2.45, 2.75) is 45.1 Å². The summed E-state index contributed by atoms with van der Waals surface area (Å²) in [5.41, 5.74) is 6.83. The molecule has 0 atom stereocenters. The number of furan rings is 1. The van der Waals surface area contributed by atoms with E-state index < -0.39 is 5.54 Å². The van der Waals surface area contributed by atoms with Gasteiger partial charge in [-0.15, -0.1) is 0 Å². The van der Waals surface area contributed by atoms with Gasteiger partial charge in [0.25, 0.3) is 0 Å². The highest BCUT2D eigenvalue weighted by Gasteiger charge is 2.37. The van der Waals surface area contributed by atoms with Gasteiger partial charge in [0, 0.05) is 0 Å². The summed E-state index contributed by atoms with van der Waals surface area (Å²) in [4.78, 5) is 4.47. The third kappa shape index (κ3) is 2.18. The van der Waals surface area contributed by atoms with Crippen molar-refractivity contribution >= 4 is 0 Å². The zero-order chi connectivity index (χ0) is 13.5. The van der Waals surface area contributed by atoms with Crippen molar-refractivity contribution in [3.05, 3.63) is 24.0 Å². The maximum atomic E-state index is 6.43. The van der Waals surface area contributed by atoms with E-state index in [1.165, 1.54) is 0 Å². The van der Waals surface area contributed by atoms with Gasteiger partial charge in [0.2, 0.25) is 11.7 Å². The Labute approximate surface area is 112 Å². The molecule has 2 aromatic heterocycles. The Hall–Kier alpha value is -1.62. The Bertz CT molecular complexity index is 565. The molecule has 0 aromatic carbocycles. The van der Waals surface area contributed by atoms with Gasteiger partial charge in [-0.3, -0.25) is 0 Å². The molecule has 0 bridgehead atoms. The van der Waals surface area contributed by atoms with Gasteiger partial charge >= 0.3 is 0 Å². The Morgan fingerprint density at radius 2 is 2.11 bits per heavy atom. The first-order valence-electron chi connectivity index (χ1n) is 6.76. The van der Waals surface area contributed by atoms with E-state index in [2.05, 4.69) is 17.1 Å². The molecule has 2 aromatic rings. The molecule has 102 valence electrons. The van der Waals surface area contributed by atoms with Gasteiger partial charge in [0.15, 0.2) is 0 Å². The molecule has 0 radical (unpaired) electrons. The summed E-state index contributed by atoms with van der Waals surface area (Å²) in [7, 11) is 0. The van der Waals surface area contributed by atoms with Crippen LogP contribution in [0.2, 0.25) is 0 Å². The fourth-order valence-electron chi connectivity index (χ4n) is 2.64. The lowest BCUT2D eigenvalue weighted by Crippen LogP contribution is -2.40. The normalized spacial score (nSPS) is 27.6. The maximum Gasteiger partial charge on any atom is 0.247 e. The lowest BCUT2D eigenvalue weighted by molar-refractivity contribution is 0.190. The molecular formula is C14H19N3O2. The molecule has 5 nitrogen and oxygen atoms in total. The third-order valence-corrected chi connectivity index (χ3v) is 4.12. The molecule has 1 aliphatic carbocycles. The second-order valence-electron chi connectivity index (χ2n) is 5.65. The monoisotopic (exact) mass is 261 g/mol. The van der Waals surface area contributed by atoms with E-state index in [1.54, 1.807) is 6.26 Å². The van der Waals surface area contributed by atoms with Crippen molar-refractivity contribution in [1.82, 2.24) is 10.1 Å². The molecule has 0 spiro atoms. The fourth-order valence-corrected chi connectivity index (χ4v) is 2.64. The van der Waals surface area contributed by atoms with Crippen LogP contribution in [0.25, 0.3) is 11.4 Å². The number of nitrogens with two attached hydrogens (primary N) is 1. The molecule has 0 unspecified atom stereocenters. The van der Waals surface area contributed by atoms with Gasteiger partial charge in [0.1, 0.15) is 5.76 Å². The fraction of sp³-hybridized carbons (Fsp3) is 0.571. The number of hydrogen-bond acceptors (Lipinski definition) is 5. The summed E-state index contributed by atoms with van der Waals surface area (Å²) in [5.74, 6) is 2.63. The molecule has 0 amide bonds. The van der Waals surface area contributed by atoms with Crippen LogP contribution in [-0.2, 0) is 5.54 Å². The summed E-state index contributed by atoms with van der Waals surface area (Å²) in [5, 5.41) is 4.03. The lowest BCUT2D eigenvalue weighted by atomic mass is 9.78. The van der Waals surface area contributed by atoms with Crippen molar-refractivity contribution in [3.63, 3.8) is 0 Å². The van der Waals surface area contributed by atoms with Crippen LogP contribution in [0.3, 0.4) is 0 Å². The topological polar surface area (TPSA) is 78.1 Å². The SMILES string of the molecule is Cc1occc1-c1noc(C2(N)CCC(C)CC2)n1. The van der Waals surface area contributed by atoms with Gasteiger partial charge in [-0.25, -0.2) is 0 Å². The molecule has 3 rings (SSSR count). The first-order valence-corrected chi connectivity index (χ1v) is 6.76. The van der Waals surface area contributed by atoms with Crippen molar-refractivity contribution in [2.75, 3.05) is 0 Å². The Morgan fingerprint density at radius 3 is 2.74 bits per heavy atom. The molecule has 0 saturated heterocycles. The van der Waals surface area contributed by atoms with E-state index in [0.717, 1.165) is 42.9 Å². The van der Waals surface area contributed by atoms with Crippen LogP contribution in [-0.4, -0.2) is 10.1 Å². The van der Waals surface area contributed by atoms with Crippen LogP contribution in [0.15, 0.2) is 21.3 Å². The van der Waals surface area contributed by atoms with Crippen molar-refractivity contribution in [1.29, 1.82) is 0 Å². The van der Waals surface area contributed by atoms with E-state index in [-0.39, 0.29) is 0 Å². The third-order valence-electron chi connectivity index (χ3n) is 4.12. The number of nitrogens with zero attached hydrogens (tertiary/aromatic N) is 2. The number of rotatable bonds is 2. The number of aromatic nitrogens is 2. The first kappa shape index (κ1) is 12.4. The zero-order valence-electron chi connectivity index (χ0n) is 11.3. The largest absolute Gasteiger partial charge is 0.469 e. The standard InChI is InChI=1S/C14H19N3O2/c1-9-3-6-14(15,7-4-9)13-16-12(17-19-13)11-5-8-18-10(11)2/h5,8-9H,3-4,6-7,15H2,1-2H3. The number of hydrogen-bond donors (Lipinski definition) is 1. The smallest absolute Gasteiger partial charge is 0.247 e. The van der Waals surface area contributed by atoms with E-state index in [9.17, 15) is 0 Å². The lowest BCUT2D eigenvalue weighted by Gasteiger charge is -2.32. The second kappa shape index (κ2) is 4.49. The zero-order valence-corrected chi connectivity index (χ0v) is 11.3. The average Bonchev–Trinajstić information content (AvgIpc) is 3.01. The van der Waals surface area contributed by atoms with Crippen molar-refractivity contribution in [3.8, 4) is 11.4 Å². The van der Waals surface area contributed by atoms with Gasteiger partial charge in [-0.1, -0.05) is 12.1 Å². The van der Waals surface area contributed by atoms with Crippen LogP contribution >= 0.6 is 0 Å². The second-order valence-corrected chi connectivity index (χ2v) is 5.65. The Kier molecular flexibility index (Phi) is 2.93. The highest BCUT2D eigenvalue weighted by atomic mass is 16.5. The van der Waals surface area contributed by atoms with E-state index >= 15 is 0 Å². The van der Waals surface area contributed by atoms with Gasteiger partial charge < -0.3 is 14.7 Å². The predicted molar refractivity (Wildman–Crippen MR) is 70.2 cm³/mol. The Balaban J connectivity index is 1.87. The van der Waals surface area contributed by atoms with Crippen LogP contribution < -0.4 is 5.73 Å². The minimum atomic E-state index is -0.463. The summed E-state index contributed by atoms with van der Waals surface area (Å²) in [6.07, 6.45) is 5.65. The van der Waals surface area contributed by atoms with E-state index in [1.807, 2.05) is 13.0 Å². The molecule has 1 aliphatic rings. The summed E-state index contributed by atoms with van der Waals surface area (Å²) in [6.45, 7) is 4.14. The molecule has 2 heterocycles. The predicted octanol–water partition coefficient (Wildman–Crippen LogP) is 3.00. The molecule has 2 N–H and O–H groups in total. The van der Waals surface area contributed by atoms with Crippen LogP contribution in [0, 0.1) is 12.8 Å². The average molecular weight is 261 g/mol. The summed E-state index contributed by atoms with van der Waals surface area (Å²) in [6, 6.07) is 1.84. The first-order chi connectivity index (χ1) is 9.08. The van der Waals surface area contributed by atoms with E-state index in [0.29, 0.717) is 11.7 Å². The number of aryl methyl sites for hydroxylation is 1. The molecule has 0 aliphatic heterocycles. The minimum Gasteiger partial charge on any atom is -0.469 e. The molecule has 1 fully saturated rings. The molecular weight excluding hydrogens is 242 g/mol. The summed E-state index contributed by atoms with van der Waals surface area (Å²) >= 11 is 0. The molecule has 19 heavy (non-hydrogen) atoms. The van der Waals surface area contributed by atoms with E-state index in [4.69, 9.17) is 14.7 Å². The summed E-state index contributed by atoms with van der Waals surface area (Å²) < 4.78 is 10.7. The van der Waals surface area contributed by atoms with Crippen molar-refractivity contribution < 1.29 is 8.94 Å². The highest BCUT2D eigenvalue weighted by molar-refractivity contribution is 5.56.